The minimum atomic E-state index is -0.522. The molecule has 1 N–H and O–H groups in total. The molecule has 0 aliphatic heterocycles. The molecule has 0 aliphatic rings. The number of benzene rings is 2. The Bertz CT molecular complexity index is 598. The van der Waals surface area contributed by atoms with Crippen molar-refractivity contribution in [3.8, 4) is 11.5 Å². The monoisotopic (exact) mass is 286 g/mol. The first-order chi connectivity index (χ1) is 10.0. The van der Waals surface area contributed by atoms with Crippen LogP contribution in [0.2, 0.25) is 0 Å². The fourth-order valence-corrected chi connectivity index (χ4v) is 2.29. The number of aliphatic hydroxyl groups excluding tert-OH is 1. The van der Waals surface area contributed by atoms with Crippen molar-refractivity contribution in [1.29, 1.82) is 0 Å². The molecule has 2 rings (SSSR count). The van der Waals surface area contributed by atoms with Crippen molar-refractivity contribution >= 4 is 0 Å². The van der Waals surface area contributed by atoms with Gasteiger partial charge in [0.05, 0.1) is 13.2 Å². The van der Waals surface area contributed by atoms with Gasteiger partial charge in [0.1, 0.15) is 6.61 Å². The Morgan fingerprint density at radius 2 is 1.71 bits per heavy atom. The molecule has 21 heavy (non-hydrogen) atoms. The number of aryl methyl sites for hydroxylation is 2. The molecule has 2 aromatic rings. The highest BCUT2D eigenvalue weighted by Gasteiger charge is 2.10. The SMILES string of the molecule is COc1cc(C(C)O)ccc1OCc1c(C)cccc1C. The average Bonchev–Trinajstić information content (AvgIpc) is 2.46. The summed E-state index contributed by atoms with van der Waals surface area (Å²) in [6, 6.07) is 11.7. The number of rotatable bonds is 5. The first kappa shape index (κ1) is 15.4. The molecule has 0 fully saturated rings. The lowest BCUT2D eigenvalue weighted by atomic mass is 10.0. The van der Waals surface area contributed by atoms with Crippen molar-refractivity contribution in [2.75, 3.05) is 7.11 Å². The number of ether oxygens (including phenoxy) is 2. The standard InChI is InChI=1S/C18H22O3/c1-12-6-5-7-13(2)16(12)11-21-17-9-8-15(14(3)19)10-18(17)20-4/h5-10,14,19H,11H2,1-4H3. The maximum atomic E-state index is 9.62. The summed E-state index contributed by atoms with van der Waals surface area (Å²) in [6.07, 6.45) is -0.522. The van der Waals surface area contributed by atoms with Gasteiger partial charge in [-0.15, -0.1) is 0 Å². The third kappa shape index (κ3) is 3.56. The fourth-order valence-electron chi connectivity index (χ4n) is 2.29. The lowest BCUT2D eigenvalue weighted by Gasteiger charge is -2.15. The quantitative estimate of drug-likeness (QED) is 0.904. The van der Waals surface area contributed by atoms with Gasteiger partial charge in [-0.2, -0.15) is 0 Å². The van der Waals surface area contributed by atoms with E-state index in [1.54, 1.807) is 14.0 Å². The molecule has 2 aromatic carbocycles. The second kappa shape index (κ2) is 6.64. The van der Waals surface area contributed by atoms with Gasteiger partial charge < -0.3 is 14.6 Å². The Hall–Kier alpha value is -2.00. The Morgan fingerprint density at radius 1 is 1.05 bits per heavy atom. The van der Waals surface area contributed by atoms with E-state index < -0.39 is 6.10 Å². The van der Waals surface area contributed by atoms with Crippen LogP contribution in [0.25, 0.3) is 0 Å². The van der Waals surface area contributed by atoms with Gasteiger partial charge >= 0.3 is 0 Å². The van der Waals surface area contributed by atoms with E-state index >= 15 is 0 Å². The molecule has 112 valence electrons. The van der Waals surface area contributed by atoms with Crippen LogP contribution in [0, 0.1) is 13.8 Å². The molecule has 0 spiro atoms. The van der Waals surface area contributed by atoms with Gasteiger partial charge in [-0.25, -0.2) is 0 Å². The molecule has 3 heteroatoms. The van der Waals surface area contributed by atoms with Crippen molar-refractivity contribution in [2.24, 2.45) is 0 Å². The van der Waals surface area contributed by atoms with E-state index in [2.05, 4.69) is 26.0 Å². The summed E-state index contributed by atoms with van der Waals surface area (Å²) >= 11 is 0. The number of hydrogen-bond acceptors (Lipinski definition) is 3. The predicted octanol–water partition coefficient (Wildman–Crippen LogP) is 3.94. The molecule has 1 unspecified atom stereocenters. The summed E-state index contributed by atoms with van der Waals surface area (Å²) in [5, 5.41) is 9.62. The van der Waals surface area contributed by atoms with E-state index in [1.165, 1.54) is 16.7 Å². The molecule has 1 atom stereocenters. The fraction of sp³-hybridized carbons (Fsp3) is 0.333. The molecule has 0 amide bonds. The minimum Gasteiger partial charge on any atom is -0.493 e. The zero-order valence-electron chi connectivity index (χ0n) is 13.0. The first-order valence-corrected chi connectivity index (χ1v) is 7.07. The largest absolute Gasteiger partial charge is 0.493 e. The number of methoxy groups -OCH3 is 1. The van der Waals surface area contributed by atoms with Crippen molar-refractivity contribution in [1.82, 2.24) is 0 Å². The van der Waals surface area contributed by atoms with Crippen LogP contribution >= 0.6 is 0 Å². The molecule has 0 saturated heterocycles. The van der Waals surface area contributed by atoms with Crippen molar-refractivity contribution < 1.29 is 14.6 Å². The van der Waals surface area contributed by atoms with Gasteiger partial charge in [0, 0.05) is 0 Å². The lowest BCUT2D eigenvalue weighted by molar-refractivity contribution is 0.198. The highest BCUT2D eigenvalue weighted by molar-refractivity contribution is 5.44. The smallest absolute Gasteiger partial charge is 0.161 e. The first-order valence-electron chi connectivity index (χ1n) is 7.07. The maximum Gasteiger partial charge on any atom is 0.161 e. The predicted molar refractivity (Wildman–Crippen MR) is 83.9 cm³/mol. The van der Waals surface area contributed by atoms with Gasteiger partial charge in [-0.05, 0) is 55.2 Å². The average molecular weight is 286 g/mol. The molecule has 0 aromatic heterocycles. The van der Waals surface area contributed by atoms with Crippen molar-refractivity contribution in [3.05, 3.63) is 58.7 Å². The third-order valence-electron chi connectivity index (χ3n) is 3.69. The summed E-state index contributed by atoms with van der Waals surface area (Å²) in [5.41, 5.74) is 4.44. The Labute approximate surface area is 126 Å². The van der Waals surface area contributed by atoms with Crippen LogP contribution in [-0.4, -0.2) is 12.2 Å². The zero-order valence-corrected chi connectivity index (χ0v) is 13.0. The van der Waals surface area contributed by atoms with Gasteiger partial charge in [-0.1, -0.05) is 24.3 Å². The second-order valence-electron chi connectivity index (χ2n) is 5.25. The van der Waals surface area contributed by atoms with Crippen LogP contribution in [-0.2, 0) is 6.61 Å². The van der Waals surface area contributed by atoms with Gasteiger partial charge in [-0.3, -0.25) is 0 Å². The molecular formula is C18H22O3. The van der Waals surface area contributed by atoms with E-state index in [-0.39, 0.29) is 0 Å². The maximum absolute atomic E-state index is 9.62. The number of hydrogen-bond donors (Lipinski definition) is 1. The molecule has 0 bridgehead atoms. The van der Waals surface area contributed by atoms with E-state index in [0.717, 1.165) is 5.56 Å². The normalized spacial score (nSPS) is 12.0. The van der Waals surface area contributed by atoms with E-state index in [1.807, 2.05) is 24.3 Å². The molecule has 0 saturated carbocycles. The van der Waals surface area contributed by atoms with Gasteiger partial charge in [0.2, 0.25) is 0 Å². The van der Waals surface area contributed by atoms with Crippen LogP contribution in [0.3, 0.4) is 0 Å². The van der Waals surface area contributed by atoms with Gasteiger partial charge in [0.25, 0.3) is 0 Å². The molecule has 0 heterocycles. The van der Waals surface area contributed by atoms with E-state index in [4.69, 9.17) is 9.47 Å². The third-order valence-corrected chi connectivity index (χ3v) is 3.69. The van der Waals surface area contributed by atoms with E-state index in [9.17, 15) is 5.11 Å². The van der Waals surface area contributed by atoms with Crippen LogP contribution < -0.4 is 9.47 Å². The minimum absolute atomic E-state index is 0.503. The summed E-state index contributed by atoms with van der Waals surface area (Å²) < 4.78 is 11.3. The highest BCUT2D eigenvalue weighted by atomic mass is 16.5. The van der Waals surface area contributed by atoms with Gasteiger partial charge in [0.15, 0.2) is 11.5 Å². The van der Waals surface area contributed by atoms with Crippen molar-refractivity contribution in [2.45, 2.75) is 33.5 Å². The summed E-state index contributed by atoms with van der Waals surface area (Å²) in [7, 11) is 1.60. The molecule has 0 radical (unpaired) electrons. The Morgan fingerprint density at radius 3 is 2.29 bits per heavy atom. The van der Waals surface area contributed by atoms with Crippen LogP contribution in [0.15, 0.2) is 36.4 Å². The molecular weight excluding hydrogens is 264 g/mol. The summed E-state index contributed by atoms with van der Waals surface area (Å²) in [4.78, 5) is 0. The Kier molecular flexibility index (Phi) is 4.86. The van der Waals surface area contributed by atoms with Crippen LogP contribution in [0.4, 0.5) is 0 Å². The highest BCUT2D eigenvalue weighted by Crippen LogP contribution is 2.31. The topological polar surface area (TPSA) is 38.7 Å². The molecule has 3 nitrogen and oxygen atoms in total. The summed E-state index contributed by atoms with van der Waals surface area (Å²) in [5.74, 6) is 1.32. The van der Waals surface area contributed by atoms with Crippen molar-refractivity contribution in [3.63, 3.8) is 0 Å². The van der Waals surface area contributed by atoms with Crippen LogP contribution in [0.1, 0.15) is 35.3 Å². The molecule has 0 aliphatic carbocycles. The van der Waals surface area contributed by atoms with E-state index in [0.29, 0.717) is 18.1 Å². The summed E-state index contributed by atoms with van der Waals surface area (Å²) in [6.45, 7) is 6.40. The lowest BCUT2D eigenvalue weighted by Crippen LogP contribution is -2.02. The second-order valence-corrected chi connectivity index (χ2v) is 5.25. The van der Waals surface area contributed by atoms with Crippen LogP contribution in [0.5, 0.6) is 11.5 Å². The Balaban J connectivity index is 2.20. The number of aliphatic hydroxyl groups is 1. The zero-order chi connectivity index (χ0) is 15.4.